The first-order valence-corrected chi connectivity index (χ1v) is 5.45. The molecule has 3 rings (SSSR count). The molecule has 90 valence electrons. The van der Waals surface area contributed by atoms with E-state index in [0.29, 0.717) is 17.3 Å². The van der Waals surface area contributed by atoms with Crippen LogP contribution in [0.1, 0.15) is 5.69 Å². The summed E-state index contributed by atoms with van der Waals surface area (Å²) in [5.74, 6) is 0.777. The maximum atomic E-state index is 11.8. The number of fused-ring (bicyclic) bond motifs is 1. The number of aryl methyl sites for hydroxylation is 1. The second-order valence-electron chi connectivity index (χ2n) is 4.01. The van der Waals surface area contributed by atoms with E-state index in [9.17, 15) is 4.79 Å². The fourth-order valence-electron chi connectivity index (χ4n) is 1.89. The molecule has 18 heavy (non-hydrogen) atoms. The Morgan fingerprint density at radius 1 is 1.22 bits per heavy atom. The van der Waals surface area contributed by atoms with E-state index < -0.39 is 0 Å². The van der Waals surface area contributed by atoms with Crippen LogP contribution in [0.2, 0.25) is 0 Å². The Labute approximate surface area is 102 Å². The molecule has 0 bridgehead atoms. The Hall–Kier alpha value is -2.63. The summed E-state index contributed by atoms with van der Waals surface area (Å²) < 4.78 is 3.20. The lowest BCUT2D eigenvalue weighted by Gasteiger charge is -2.06. The van der Waals surface area contributed by atoms with Crippen LogP contribution in [0.4, 0.5) is 5.82 Å². The van der Waals surface area contributed by atoms with E-state index in [-0.39, 0.29) is 5.56 Å². The first-order chi connectivity index (χ1) is 8.65. The average Bonchev–Trinajstić information content (AvgIpc) is 2.69. The molecule has 3 aromatic heterocycles. The first kappa shape index (κ1) is 10.5. The quantitative estimate of drug-likeness (QED) is 0.682. The van der Waals surface area contributed by atoms with Gasteiger partial charge >= 0.3 is 0 Å². The van der Waals surface area contributed by atoms with E-state index in [4.69, 9.17) is 5.73 Å². The third kappa shape index (κ3) is 1.55. The van der Waals surface area contributed by atoms with Gasteiger partial charge in [-0.25, -0.2) is 9.97 Å². The van der Waals surface area contributed by atoms with Crippen molar-refractivity contribution in [2.75, 3.05) is 5.73 Å². The average molecular weight is 241 g/mol. The van der Waals surface area contributed by atoms with Crippen LogP contribution in [0.15, 0.2) is 41.6 Å². The number of anilines is 1. The van der Waals surface area contributed by atoms with Crippen molar-refractivity contribution < 1.29 is 0 Å². The summed E-state index contributed by atoms with van der Waals surface area (Å²) >= 11 is 0. The highest BCUT2D eigenvalue weighted by Crippen LogP contribution is 2.14. The van der Waals surface area contributed by atoms with Gasteiger partial charge < -0.3 is 10.1 Å². The Morgan fingerprint density at radius 3 is 2.83 bits per heavy atom. The topological polar surface area (TPSA) is 78.2 Å². The second-order valence-corrected chi connectivity index (χ2v) is 4.01. The normalized spacial score (nSPS) is 10.9. The van der Waals surface area contributed by atoms with Gasteiger partial charge in [0.1, 0.15) is 5.82 Å². The SMILES string of the molecule is Cc1cn2cc(N)nc(-n3ccccc3=O)c2n1. The highest BCUT2D eigenvalue weighted by Gasteiger charge is 2.10. The number of nitrogens with zero attached hydrogens (tertiary/aromatic N) is 4. The third-order valence-corrected chi connectivity index (χ3v) is 2.61. The molecular formula is C12H11N5O. The summed E-state index contributed by atoms with van der Waals surface area (Å²) in [6.07, 6.45) is 5.16. The number of hydrogen-bond acceptors (Lipinski definition) is 4. The zero-order chi connectivity index (χ0) is 12.7. The van der Waals surface area contributed by atoms with Gasteiger partial charge in [-0.1, -0.05) is 6.07 Å². The van der Waals surface area contributed by atoms with Crippen LogP contribution in [0.3, 0.4) is 0 Å². The second kappa shape index (κ2) is 3.69. The minimum atomic E-state index is -0.168. The van der Waals surface area contributed by atoms with Gasteiger partial charge in [-0.15, -0.1) is 0 Å². The van der Waals surface area contributed by atoms with Crippen LogP contribution in [0, 0.1) is 6.92 Å². The Bertz CT molecular complexity index is 787. The highest BCUT2D eigenvalue weighted by atomic mass is 16.1. The molecule has 0 spiro atoms. The van der Waals surface area contributed by atoms with Crippen molar-refractivity contribution in [3.63, 3.8) is 0 Å². The summed E-state index contributed by atoms with van der Waals surface area (Å²) in [5.41, 5.74) is 7.02. The molecule has 6 heteroatoms. The molecule has 0 aromatic carbocycles. The van der Waals surface area contributed by atoms with E-state index in [0.717, 1.165) is 5.69 Å². The molecule has 0 aliphatic heterocycles. The summed E-state index contributed by atoms with van der Waals surface area (Å²) in [6, 6.07) is 4.91. The van der Waals surface area contributed by atoms with E-state index in [1.54, 1.807) is 28.9 Å². The number of aromatic nitrogens is 4. The van der Waals surface area contributed by atoms with Gasteiger partial charge in [0.15, 0.2) is 11.5 Å². The van der Waals surface area contributed by atoms with E-state index in [2.05, 4.69) is 9.97 Å². The minimum absolute atomic E-state index is 0.168. The molecule has 0 unspecified atom stereocenters. The fourth-order valence-corrected chi connectivity index (χ4v) is 1.89. The van der Waals surface area contributed by atoms with Crippen molar-refractivity contribution in [2.24, 2.45) is 0 Å². The zero-order valence-corrected chi connectivity index (χ0v) is 9.74. The van der Waals surface area contributed by atoms with Crippen molar-refractivity contribution in [1.29, 1.82) is 0 Å². The largest absolute Gasteiger partial charge is 0.382 e. The summed E-state index contributed by atoms with van der Waals surface area (Å²) in [5, 5.41) is 0. The van der Waals surface area contributed by atoms with Crippen molar-refractivity contribution in [2.45, 2.75) is 6.92 Å². The van der Waals surface area contributed by atoms with Crippen LogP contribution in [-0.2, 0) is 0 Å². The first-order valence-electron chi connectivity index (χ1n) is 5.45. The number of pyridine rings is 1. The van der Waals surface area contributed by atoms with Crippen molar-refractivity contribution in [3.8, 4) is 5.82 Å². The van der Waals surface area contributed by atoms with Crippen LogP contribution >= 0.6 is 0 Å². The molecule has 0 amide bonds. The predicted molar refractivity (Wildman–Crippen MR) is 67.7 cm³/mol. The van der Waals surface area contributed by atoms with Crippen LogP contribution in [0.25, 0.3) is 11.5 Å². The van der Waals surface area contributed by atoms with Crippen LogP contribution in [-0.4, -0.2) is 18.9 Å². The molecule has 0 aliphatic rings. The molecule has 0 radical (unpaired) electrons. The summed E-state index contributed by atoms with van der Waals surface area (Å²) in [6.45, 7) is 1.88. The van der Waals surface area contributed by atoms with Gasteiger partial charge in [0, 0.05) is 18.5 Å². The van der Waals surface area contributed by atoms with E-state index in [1.165, 1.54) is 10.6 Å². The van der Waals surface area contributed by atoms with Crippen LogP contribution < -0.4 is 11.3 Å². The van der Waals surface area contributed by atoms with E-state index >= 15 is 0 Å². The Morgan fingerprint density at radius 2 is 2.06 bits per heavy atom. The molecule has 0 fully saturated rings. The lowest BCUT2D eigenvalue weighted by atomic mass is 10.4. The molecule has 3 heterocycles. The summed E-state index contributed by atoms with van der Waals surface area (Å²) in [7, 11) is 0. The number of imidazole rings is 1. The van der Waals surface area contributed by atoms with Gasteiger partial charge in [0.2, 0.25) is 0 Å². The number of rotatable bonds is 1. The molecule has 3 aromatic rings. The number of nitrogen functional groups attached to an aromatic ring is 1. The Kier molecular flexibility index (Phi) is 2.16. The zero-order valence-electron chi connectivity index (χ0n) is 9.74. The summed E-state index contributed by atoms with van der Waals surface area (Å²) in [4.78, 5) is 20.4. The highest BCUT2D eigenvalue weighted by molar-refractivity contribution is 5.58. The van der Waals surface area contributed by atoms with Gasteiger partial charge in [-0.2, -0.15) is 0 Å². The smallest absolute Gasteiger partial charge is 0.256 e. The standard InChI is InChI=1S/C12H11N5O/c1-8-6-16-7-9(13)15-12(11(16)14-8)17-5-3-2-4-10(17)18/h2-7H,13H2,1H3. The lowest BCUT2D eigenvalue weighted by Crippen LogP contribution is -2.18. The monoisotopic (exact) mass is 241 g/mol. The molecule has 2 N–H and O–H groups in total. The molecule has 0 aliphatic carbocycles. The molecular weight excluding hydrogens is 230 g/mol. The van der Waals surface area contributed by atoms with Crippen LogP contribution in [0.5, 0.6) is 0 Å². The number of hydrogen-bond donors (Lipinski definition) is 1. The van der Waals surface area contributed by atoms with Gasteiger partial charge in [0.05, 0.1) is 11.9 Å². The maximum Gasteiger partial charge on any atom is 0.256 e. The lowest BCUT2D eigenvalue weighted by molar-refractivity contribution is 0.930. The van der Waals surface area contributed by atoms with Gasteiger partial charge in [-0.3, -0.25) is 9.36 Å². The van der Waals surface area contributed by atoms with Crippen molar-refractivity contribution in [3.05, 3.63) is 52.8 Å². The van der Waals surface area contributed by atoms with Crippen molar-refractivity contribution >= 4 is 11.5 Å². The predicted octanol–water partition coefficient (Wildman–Crippen LogP) is 0.771. The fraction of sp³-hybridized carbons (Fsp3) is 0.0833. The number of nitrogens with two attached hydrogens (primary N) is 1. The maximum absolute atomic E-state index is 11.8. The molecule has 0 saturated heterocycles. The van der Waals surface area contributed by atoms with Gasteiger partial charge in [-0.05, 0) is 13.0 Å². The molecule has 0 atom stereocenters. The third-order valence-electron chi connectivity index (χ3n) is 2.61. The minimum Gasteiger partial charge on any atom is -0.382 e. The van der Waals surface area contributed by atoms with Gasteiger partial charge in [0.25, 0.3) is 5.56 Å². The van der Waals surface area contributed by atoms with E-state index in [1.807, 2.05) is 13.1 Å². The van der Waals surface area contributed by atoms with Crippen molar-refractivity contribution in [1.82, 2.24) is 18.9 Å². The Balaban J connectivity index is 2.42. The molecule has 0 saturated carbocycles. The molecule has 6 nitrogen and oxygen atoms in total.